The number of aliphatic hydroxyl groups is 7. The molecule has 0 spiro atoms. The van der Waals surface area contributed by atoms with Gasteiger partial charge in [-0.15, -0.1) is 0 Å². The summed E-state index contributed by atoms with van der Waals surface area (Å²) in [6, 6.07) is 0. The van der Waals surface area contributed by atoms with Gasteiger partial charge in [-0.05, 0) is 6.92 Å². The second-order valence-electron chi connectivity index (χ2n) is 6.58. The van der Waals surface area contributed by atoms with Gasteiger partial charge in [0.15, 0.2) is 6.29 Å². The molecule has 152 valence electrons. The van der Waals surface area contributed by atoms with Gasteiger partial charge < -0.3 is 50.0 Å². The maximum Gasteiger partial charge on any atom is 0.187 e. The first-order chi connectivity index (χ1) is 12.2. The van der Waals surface area contributed by atoms with Crippen molar-refractivity contribution < 1.29 is 54.8 Å². The molecule has 11 heteroatoms. The molecule has 0 aromatic carbocycles. The lowest BCUT2D eigenvalue weighted by Crippen LogP contribution is -2.64. The SMILES string of the molecule is CC(=O)C[C@@H]1OC(CO)[C@@H](O[C@@H]2OC(CO)[C@@H](O)[C@H](O)C2O)[C@H](O)C1O. The highest BCUT2D eigenvalue weighted by atomic mass is 16.7. The molecule has 2 fully saturated rings. The molecule has 0 aromatic rings. The van der Waals surface area contributed by atoms with Gasteiger partial charge in [-0.25, -0.2) is 0 Å². The van der Waals surface area contributed by atoms with Gasteiger partial charge in [0.25, 0.3) is 0 Å². The summed E-state index contributed by atoms with van der Waals surface area (Å²) >= 11 is 0. The normalized spacial score (nSPS) is 46.9. The van der Waals surface area contributed by atoms with Crippen molar-refractivity contribution in [3.8, 4) is 0 Å². The van der Waals surface area contributed by atoms with E-state index in [9.17, 15) is 40.5 Å². The molecular formula is C15H26O11. The number of ketones is 1. The molecule has 0 saturated carbocycles. The van der Waals surface area contributed by atoms with Crippen LogP contribution in [-0.2, 0) is 19.0 Å². The molecule has 11 nitrogen and oxygen atoms in total. The van der Waals surface area contributed by atoms with Crippen molar-refractivity contribution in [3.63, 3.8) is 0 Å². The minimum absolute atomic E-state index is 0.179. The first kappa shape index (κ1) is 21.6. The van der Waals surface area contributed by atoms with Crippen LogP contribution in [0.4, 0.5) is 0 Å². The Balaban J connectivity index is 2.12. The molecule has 0 amide bonds. The number of carbonyl (C=O) groups excluding carboxylic acids is 1. The molecule has 2 aliphatic heterocycles. The molecule has 2 rings (SSSR count). The van der Waals surface area contributed by atoms with Crippen LogP contribution >= 0.6 is 0 Å². The summed E-state index contributed by atoms with van der Waals surface area (Å²) in [6.07, 6.45) is -14.6. The molecule has 7 N–H and O–H groups in total. The molecule has 2 aliphatic rings. The van der Waals surface area contributed by atoms with Gasteiger partial charge in [0.2, 0.25) is 0 Å². The molecule has 0 aliphatic carbocycles. The van der Waals surface area contributed by atoms with Crippen LogP contribution in [-0.4, -0.2) is 116 Å². The molecule has 2 saturated heterocycles. The molecule has 4 unspecified atom stereocenters. The first-order valence-corrected chi connectivity index (χ1v) is 8.29. The standard InChI is InChI=1S/C15H26O11/c1-5(18)2-6-9(19)12(22)14(8(4-17)24-6)26-15-13(23)11(21)10(20)7(3-16)25-15/h6-17,19-23H,2-4H2,1H3/t6-,7?,8?,9?,10+,11-,12+,13?,14+,15-/m0/s1. The van der Waals surface area contributed by atoms with Crippen LogP contribution in [0.1, 0.15) is 13.3 Å². The summed E-state index contributed by atoms with van der Waals surface area (Å²) < 4.78 is 16.0. The van der Waals surface area contributed by atoms with Gasteiger partial charge in [-0.1, -0.05) is 0 Å². The highest BCUT2D eigenvalue weighted by molar-refractivity contribution is 5.76. The summed E-state index contributed by atoms with van der Waals surface area (Å²) in [4.78, 5) is 11.2. The molecule has 26 heavy (non-hydrogen) atoms. The lowest BCUT2D eigenvalue weighted by atomic mass is 9.92. The molecule has 10 atom stereocenters. The van der Waals surface area contributed by atoms with E-state index in [4.69, 9.17) is 14.2 Å². The summed E-state index contributed by atoms with van der Waals surface area (Å²) in [7, 11) is 0. The maximum atomic E-state index is 11.2. The third kappa shape index (κ3) is 4.39. The Morgan fingerprint density at radius 3 is 1.92 bits per heavy atom. The van der Waals surface area contributed by atoms with E-state index in [0.717, 1.165) is 0 Å². The van der Waals surface area contributed by atoms with E-state index in [1.54, 1.807) is 0 Å². The first-order valence-electron chi connectivity index (χ1n) is 8.29. The third-order valence-electron chi connectivity index (χ3n) is 4.59. The van der Waals surface area contributed by atoms with E-state index in [2.05, 4.69) is 0 Å². The molecule has 0 radical (unpaired) electrons. The Morgan fingerprint density at radius 1 is 0.808 bits per heavy atom. The second kappa shape index (κ2) is 8.97. The number of Topliss-reactive ketones (excluding diaryl/α,β-unsaturated/α-hetero) is 1. The molecular weight excluding hydrogens is 356 g/mol. The topological polar surface area (TPSA) is 186 Å². The van der Waals surface area contributed by atoms with Crippen LogP contribution in [0.15, 0.2) is 0 Å². The summed E-state index contributed by atoms with van der Waals surface area (Å²) in [5.74, 6) is -0.286. The highest BCUT2D eigenvalue weighted by Crippen LogP contribution is 2.30. The van der Waals surface area contributed by atoms with E-state index >= 15 is 0 Å². The Morgan fingerprint density at radius 2 is 1.38 bits per heavy atom. The van der Waals surface area contributed by atoms with E-state index in [0.29, 0.717) is 0 Å². The maximum absolute atomic E-state index is 11.2. The second-order valence-corrected chi connectivity index (χ2v) is 6.58. The number of ether oxygens (including phenoxy) is 3. The lowest BCUT2D eigenvalue weighted by molar-refractivity contribution is -0.341. The lowest BCUT2D eigenvalue weighted by Gasteiger charge is -2.46. The van der Waals surface area contributed by atoms with Gasteiger partial charge in [-0.2, -0.15) is 0 Å². The van der Waals surface area contributed by atoms with Crippen molar-refractivity contribution >= 4 is 5.78 Å². The minimum Gasteiger partial charge on any atom is -0.394 e. The van der Waals surface area contributed by atoms with E-state index in [-0.39, 0.29) is 12.2 Å². The number of hydrogen-bond donors (Lipinski definition) is 7. The fraction of sp³-hybridized carbons (Fsp3) is 0.933. The predicted octanol–water partition coefficient (Wildman–Crippen LogP) is -4.37. The molecule has 2 heterocycles. The highest BCUT2D eigenvalue weighted by Gasteiger charge is 2.50. The van der Waals surface area contributed by atoms with E-state index in [1.807, 2.05) is 0 Å². The van der Waals surface area contributed by atoms with Crippen LogP contribution in [0.5, 0.6) is 0 Å². The van der Waals surface area contributed by atoms with Gasteiger partial charge in [0, 0.05) is 6.42 Å². The number of aliphatic hydroxyl groups excluding tert-OH is 7. The Hall–Kier alpha value is -0.730. The Kier molecular flexibility index (Phi) is 7.44. The zero-order chi connectivity index (χ0) is 19.6. The van der Waals surface area contributed by atoms with Crippen molar-refractivity contribution in [2.45, 2.75) is 74.6 Å². The Labute approximate surface area is 149 Å². The van der Waals surface area contributed by atoms with Crippen LogP contribution in [0.2, 0.25) is 0 Å². The fourth-order valence-electron chi connectivity index (χ4n) is 3.12. The van der Waals surface area contributed by atoms with Gasteiger partial charge >= 0.3 is 0 Å². The largest absolute Gasteiger partial charge is 0.394 e. The van der Waals surface area contributed by atoms with Crippen LogP contribution in [0.25, 0.3) is 0 Å². The number of rotatable bonds is 6. The Bertz CT molecular complexity index is 471. The average Bonchev–Trinajstić information content (AvgIpc) is 2.60. The van der Waals surface area contributed by atoms with Crippen LogP contribution in [0.3, 0.4) is 0 Å². The molecule has 0 bridgehead atoms. The van der Waals surface area contributed by atoms with Crippen LogP contribution < -0.4 is 0 Å². The van der Waals surface area contributed by atoms with E-state index in [1.165, 1.54) is 6.92 Å². The predicted molar refractivity (Wildman–Crippen MR) is 81.7 cm³/mol. The third-order valence-corrected chi connectivity index (χ3v) is 4.59. The number of hydrogen-bond acceptors (Lipinski definition) is 11. The van der Waals surface area contributed by atoms with Gasteiger partial charge in [-0.3, -0.25) is 4.79 Å². The van der Waals surface area contributed by atoms with Crippen molar-refractivity contribution in [1.29, 1.82) is 0 Å². The fourth-order valence-corrected chi connectivity index (χ4v) is 3.12. The van der Waals surface area contributed by atoms with Crippen molar-refractivity contribution in [2.24, 2.45) is 0 Å². The summed E-state index contributed by atoms with van der Waals surface area (Å²) in [6.45, 7) is -0.00546. The van der Waals surface area contributed by atoms with E-state index < -0.39 is 74.4 Å². The van der Waals surface area contributed by atoms with Crippen molar-refractivity contribution in [3.05, 3.63) is 0 Å². The summed E-state index contributed by atoms with van der Waals surface area (Å²) in [5, 5.41) is 68.6. The number of carbonyl (C=O) groups is 1. The quantitative estimate of drug-likeness (QED) is 0.235. The smallest absolute Gasteiger partial charge is 0.187 e. The zero-order valence-electron chi connectivity index (χ0n) is 14.2. The van der Waals surface area contributed by atoms with Crippen molar-refractivity contribution in [1.82, 2.24) is 0 Å². The van der Waals surface area contributed by atoms with Gasteiger partial charge in [0.1, 0.15) is 54.6 Å². The van der Waals surface area contributed by atoms with Crippen molar-refractivity contribution in [2.75, 3.05) is 13.2 Å². The summed E-state index contributed by atoms with van der Waals surface area (Å²) in [5.41, 5.74) is 0. The average molecular weight is 382 g/mol. The zero-order valence-corrected chi connectivity index (χ0v) is 14.2. The van der Waals surface area contributed by atoms with Gasteiger partial charge in [0.05, 0.1) is 19.3 Å². The molecule has 0 aromatic heterocycles. The van der Waals surface area contributed by atoms with Crippen LogP contribution in [0, 0.1) is 0 Å². The monoisotopic (exact) mass is 382 g/mol. The minimum atomic E-state index is -1.72.